The maximum atomic E-state index is 5.22. The van der Waals surface area contributed by atoms with Crippen molar-refractivity contribution in [2.24, 2.45) is 5.10 Å². The fraction of sp³-hybridized carbons (Fsp3) is 0.0833. The van der Waals surface area contributed by atoms with E-state index in [1.165, 1.54) is 0 Å². The zero-order valence-electron chi connectivity index (χ0n) is 8.77. The summed E-state index contributed by atoms with van der Waals surface area (Å²) in [5, 5.41) is 4.22. The molecule has 0 aliphatic rings. The lowest BCUT2D eigenvalue weighted by molar-refractivity contribution is 0.557. The number of hydrogen-bond donors (Lipinski definition) is 1. The number of nitrogens with zero attached hydrogens (tertiary/aromatic N) is 1. The van der Waals surface area contributed by atoms with E-state index in [1.807, 2.05) is 43.3 Å². The van der Waals surface area contributed by atoms with Gasteiger partial charge in [0.1, 0.15) is 11.5 Å². The summed E-state index contributed by atoms with van der Waals surface area (Å²) in [6.45, 7) is 1.89. The molecular weight excluding hydrogens is 268 g/mol. The highest BCUT2D eigenvalue weighted by Gasteiger charge is 1.99. The van der Waals surface area contributed by atoms with Crippen LogP contribution in [0.1, 0.15) is 12.7 Å². The maximum absolute atomic E-state index is 5.22. The van der Waals surface area contributed by atoms with Crippen molar-refractivity contribution in [3.8, 4) is 0 Å². The molecule has 0 spiro atoms. The molecule has 0 unspecified atom stereocenters. The second-order valence-corrected chi connectivity index (χ2v) is 4.21. The smallest absolute Gasteiger partial charge is 0.149 e. The Kier molecular flexibility index (Phi) is 3.41. The SMILES string of the molecule is CC(=NNc1ccc(Br)cc1)c1ccco1. The van der Waals surface area contributed by atoms with Gasteiger partial charge < -0.3 is 4.42 Å². The molecule has 0 bridgehead atoms. The van der Waals surface area contributed by atoms with Crippen LogP contribution in [0.4, 0.5) is 5.69 Å². The molecule has 1 N–H and O–H groups in total. The zero-order valence-corrected chi connectivity index (χ0v) is 10.4. The summed E-state index contributed by atoms with van der Waals surface area (Å²) in [6, 6.07) is 11.5. The molecule has 82 valence electrons. The van der Waals surface area contributed by atoms with Gasteiger partial charge in [0.2, 0.25) is 0 Å². The van der Waals surface area contributed by atoms with Gasteiger partial charge in [0, 0.05) is 4.47 Å². The van der Waals surface area contributed by atoms with E-state index in [9.17, 15) is 0 Å². The summed E-state index contributed by atoms with van der Waals surface area (Å²) >= 11 is 3.38. The molecule has 0 atom stereocenters. The monoisotopic (exact) mass is 278 g/mol. The van der Waals surface area contributed by atoms with Crippen LogP contribution < -0.4 is 5.43 Å². The number of furan rings is 1. The zero-order chi connectivity index (χ0) is 11.4. The molecule has 0 saturated carbocycles. The Labute approximate surface area is 102 Å². The lowest BCUT2D eigenvalue weighted by Crippen LogP contribution is -1.97. The lowest BCUT2D eigenvalue weighted by Gasteiger charge is -2.01. The fourth-order valence-electron chi connectivity index (χ4n) is 1.21. The number of rotatable bonds is 3. The fourth-order valence-corrected chi connectivity index (χ4v) is 1.48. The van der Waals surface area contributed by atoms with Crippen molar-refractivity contribution in [2.75, 3.05) is 5.43 Å². The van der Waals surface area contributed by atoms with Gasteiger partial charge in [-0.1, -0.05) is 15.9 Å². The van der Waals surface area contributed by atoms with Crippen molar-refractivity contribution in [3.63, 3.8) is 0 Å². The summed E-state index contributed by atoms with van der Waals surface area (Å²) in [4.78, 5) is 0. The van der Waals surface area contributed by atoms with Crippen molar-refractivity contribution in [3.05, 3.63) is 52.9 Å². The van der Waals surface area contributed by atoms with E-state index >= 15 is 0 Å². The van der Waals surface area contributed by atoms with Crippen LogP contribution in [-0.2, 0) is 0 Å². The predicted molar refractivity (Wildman–Crippen MR) is 68.7 cm³/mol. The largest absolute Gasteiger partial charge is 0.463 e. The molecule has 0 aliphatic heterocycles. The average Bonchev–Trinajstić information content (AvgIpc) is 2.81. The quantitative estimate of drug-likeness (QED) is 0.684. The van der Waals surface area contributed by atoms with Crippen molar-refractivity contribution >= 4 is 27.3 Å². The molecule has 0 amide bonds. The molecule has 0 aliphatic carbocycles. The number of halogens is 1. The van der Waals surface area contributed by atoms with Crippen LogP contribution in [0, 0.1) is 0 Å². The molecule has 0 saturated heterocycles. The second kappa shape index (κ2) is 4.99. The highest BCUT2D eigenvalue weighted by atomic mass is 79.9. The summed E-state index contributed by atoms with van der Waals surface area (Å²) in [6.07, 6.45) is 1.63. The number of nitrogens with one attached hydrogen (secondary N) is 1. The predicted octanol–water partition coefficient (Wildman–Crippen LogP) is 3.88. The number of benzene rings is 1. The molecule has 1 heterocycles. The minimum absolute atomic E-state index is 0.768. The van der Waals surface area contributed by atoms with Gasteiger partial charge in [-0.05, 0) is 43.3 Å². The molecule has 1 aromatic heterocycles. The average molecular weight is 279 g/mol. The first-order valence-corrected chi connectivity index (χ1v) is 5.65. The van der Waals surface area contributed by atoms with Crippen LogP contribution >= 0.6 is 15.9 Å². The molecular formula is C12H11BrN2O. The first kappa shape index (κ1) is 11.0. The Hall–Kier alpha value is -1.55. The van der Waals surface area contributed by atoms with E-state index in [-0.39, 0.29) is 0 Å². The molecule has 2 aromatic rings. The second-order valence-electron chi connectivity index (χ2n) is 3.29. The van der Waals surface area contributed by atoms with Crippen molar-refractivity contribution in [1.29, 1.82) is 0 Å². The first-order valence-electron chi connectivity index (χ1n) is 4.85. The Balaban J connectivity index is 2.06. The molecule has 0 fully saturated rings. The molecule has 1 aromatic carbocycles. The summed E-state index contributed by atoms with van der Waals surface area (Å²) in [5.74, 6) is 0.768. The Morgan fingerprint density at radius 3 is 2.62 bits per heavy atom. The minimum atomic E-state index is 0.768. The van der Waals surface area contributed by atoms with Crippen LogP contribution in [-0.4, -0.2) is 5.71 Å². The normalized spacial score (nSPS) is 11.5. The molecule has 4 heteroatoms. The third kappa shape index (κ3) is 2.73. The van der Waals surface area contributed by atoms with Crippen molar-refractivity contribution in [2.45, 2.75) is 6.92 Å². The summed E-state index contributed by atoms with van der Waals surface area (Å²) in [7, 11) is 0. The van der Waals surface area contributed by atoms with E-state index < -0.39 is 0 Å². The third-order valence-corrected chi connectivity index (χ3v) is 2.60. The maximum Gasteiger partial charge on any atom is 0.149 e. The van der Waals surface area contributed by atoms with Gasteiger partial charge in [0.15, 0.2) is 0 Å². The van der Waals surface area contributed by atoms with Gasteiger partial charge in [-0.2, -0.15) is 5.10 Å². The standard InChI is InChI=1S/C12H11BrN2O/c1-9(12-3-2-8-16-12)14-15-11-6-4-10(13)5-7-11/h2-8,15H,1H3. The number of anilines is 1. The van der Waals surface area contributed by atoms with E-state index in [4.69, 9.17) is 4.42 Å². The van der Waals surface area contributed by atoms with Gasteiger partial charge in [0.05, 0.1) is 12.0 Å². The van der Waals surface area contributed by atoms with Crippen molar-refractivity contribution in [1.82, 2.24) is 0 Å². The van der Waals surface area contributed by atoms with Gasteiger partial charge in [0.25, 0.3) is 0 Å². The van der Waals surface area contributed by atoms with E-state index in [1.54, 1.807) is 6.26 Å². The van der Waals surface area contributed by atoms with Crippen LogP contribution in [0.2, 0.25) is 0 Å². The van der Waals surface area contributed by atoms with Gasteiger partial charge in [-0.3, -0.25) is 5.43 Å². The third-order valence-electron chi connectivity index (χ3n) is 2.07. The Morgan fingerprint density at radius 1 is 1.25 bits per heavy atom. The minimum Gasteiger partial charge on any atom is -0.463 e. The van der Waals surface area contributed by atoms with Gasteiger partial charge >= 0.3 is 0 Å². The number of hydrazone groups is 1. The molecule has 2 rings (SSSR count). The van der Waals surface area contributed by atoms with E-state index in [2.05, 4.69) is 26.5 Å². The Bertz CT molecular complexity index is 474. The summed E-state index contributed by atoms with van der Waals surface area (Å²) in [5.41, 5.74) is 4.72. The van der Waals surface area contributed by atoms with Crippen LogP contribution in [0.3, 0.4) is 0 Å². The van der Waals surface area contributed by atoms with Crippen molar-refractivity contribution < 1.29 is 4.42 Å². The summed E-state index contributed by atoms with van der Waals surface area (Å²) < 4.78 is 6.27. The molecule has 3 nitrogen and oxygen atoms in total. The topological polar surface area (TPSA) is 37.5 Å². The van der Waals surface area contributed by atoms with E-state index in [0.29, 0.717) is 0 Å². The van der Waals surface area contributed by atoms with Gasteiger partial charge in [-0.15, -0.1) is 0 Å². The number of hydrogen-bond acceptors (Lipinski definition) is 3. The highest BCUT2D eigenvalue weighted by molar-refractivity contribution is 9.10. The first-order chi connectivity index (χ1) is 7.75. The molecule has 0 radical (unpaired) electrons. The van der Waals surface area contributed by atoms with Crippen LogP contribution in [0.25, 0.3) is 0 Å². The highest BCUT2D eigenvalue weighted by Crippen LogP contribution is 2.14. The van der Waals surface area contributed by atoms with Gasteiger partial charge in [-0.25, -0.2) is 0 Å². The van der Waals surface area contributed by atoms with Crippen LogP contribution in [0.15, 0.2) is 56.7 Å². The van der Waals surface area contributed by atoms with Crippen LogP contribution in [0.5, 0.6) is 0 Å². The molecule has 16 heavy (non-hydrogen) atoms. The lowest BCUT2D eigenvalue weighted by atomic mass is 10.3. The Morgan fingerprint density at radius 2 is 2.00 bits per heavy atom. The van der Waals surface area contributed by atoms with E-state index in [0.717, 1.165) is 21.6 Å².